The lowest BCUT2D eigenvalue weighted by atomic mass is 10.1. The van der Waals surface area contributed by atoms with Crippen molar-refractivity contribution in [3.05, 3.63) is 76.2 Å². The zero-order chi connectivity index (χ0) is 31.2. The van der Waals surface area contributed by atoms with Crippen LogP contribution in [0.1, 0.15) is 65.8 Å². The van der Waals surface area contributed by atoms with Gasteiger partial charge in [-0.25, -0.2) is 9.78 Å². The van der Waals surface area contributed by atoms with Gasteiger partial charge >= 0.3 is 11.8 Å². The first-order valence-corrected chi connectivity index (χ1v) is 13.9. The number of aromatic nitrogens is 2. The van der Waals surface area contributed by atoms with Crippen LogP contribution in [0, 0.1) is 10.1 Å². The number of nitrogens with zero attached hydrogens (tertiary/aromatic N) is 3. The van der Waals surface area contributed by atoms with Gasteiger partial charge in [0.15, 0.2) is 5.75 Å². The molecule has 1 aromatic heterocycles. The fourth-order valence-corrected chi connectivity index (χ4v) is 3.22. The lowest BCUT2D eigenvalue weighted by molar-refractivity contribution is -0.385. The number of aromatic amines is 1. The van der Waals surface area contributed by atoms with Crippen LogP contribution < -0.4 is 5.32 Å². The number of nitro groups is 1. The number of rotatable bonds is 9. The molecule has 226 valence electrons. The second-order valence-electron chi connectivity index (χ2n) is 8.41. The molecule has 2 aromatic carbocycles. The van der Waals surface area contributed by atoms with Crippen LogP contribution in [0.2, 0.25) is 0 Å². The lowest BCUT2D eigenvalue weighted by Gasteiger charge is -2.21. The molecular formula is C30H45N5O6. The summed E-state index contributed by atoms with van der Waals surface area (Å²) in [5.74, 6) is -0.249. The summed E-state index contributed by atoms with van der Waals surface area (Å²) in [7, 11) is 1.21. The van der Waals surface area contributed by atoms with Crippen LogP contribution in [0.4, 0.5) is 10.5 Å². The summed E-state index contributed by atoms with van der Waals surface area (Å²) in [5.41, 5.74) is 2.08. The number of phenols is 1. The van der Waals surface area contributed by atoms with Crippen molar-refractivity contribution in [3.63, 3.8) is 0 Å². The van der Waals surface area contributed by atoms with E-state index in [-0.39, 0.29) is 24.7 Å². The largest absolute Gasteiger partial charge is 0.502 e. The average Bonchev–Trinajstić information content (AvgIpc) is 3.46. The number of phenolic OH excluding ortho intramolecular Hbond substituents is 1. The second-order valence-corrected chi connectivity index (χ2v) is 8.41. The maximum absolute atomic E-state index is 12.3. The zero-order valence-corrected chi connectivity index (χ0v) is 25.3. The Morgan fingerprint density at radius 1 is 1.10 bits per heavy atom. The Kier molecular flexibility index (Phi) is 19.1. The fraction of sp³-hybridized carbons (Fsp3) is 0.433. The third-order valence-corrected chi connectivity index (χ3v) is 5.12. The van der Waals surface area contributed by atoms with Crippen molar-refractivity contribution >= 4 is 17.7 Å². The van der Waals surface area contributed by atoms with Crippen molar-refractivity contribution in [1.82, 2.24) is 20.2 Å². The van der Waals surface area contributed by atoms with Crippen molar-refractivity contribution < 1.29 is 24.4 Å². The predicted molar refractivity (Wildman–Crippen MR) is 162 cm³/mol. The molecule has 0 aliphatic rings. The number of hydrogen-bond acceptors (Lipinski definition) is 7. The minimum Gasteiger partial charge on any atom is -0.502 e. The van der Waals surface area contributed by atoms with Gasteiger partial charge in [0.25, 0.3) is 0 Å². The highest BCUT2D eigenvalue weighted by Gasteiger charge is 2.18. The average molecular weight is 572 g/mol. The van der Waals surface area contributed by atoms with Gasteiger partial charge < -0.3 is 25.0 Å². The molecule has 3 rings (SSSR count). The maximum Gasteiger partial charge on any atom is 0.407 e. The molecule has 0 fully saturated rings. The van der Waals surface area contributed by atoms with Crippen LogP contribution >= 0.6 is 0 Å². The molecule has 0 unspecified atom stereocenters. The van der Waals surface area contributed by atoms with E-state index in [1.807, 2.05) is 26.8 Å². The van der Waals surface area contributed by atoms with Crippen LogP contribution in [0.3, 0.4) is 0 Å². The summed E-state index contributed by atoms with van der Waals surface area (Å²) in [6.07, 6.45) is 3.93. The van der Waals surface area contributed by atoms with Crippen LogP contribution in [0.5, 0.6) is 5.75 Å². The number of methoxy groups -OCH3 is 1. The molecule has 0 saturated heterocycles. The highest BCUT2D eigenvalue weighted by atomic mass is 16.6. The molecule has 11 heteroatoms. The van der Waals surface area contributed by atoms with Crippen LogP contribution in [0.15, 0.2) is 54.7 Å². The molecule has 41 heavy (non-hydrogen) atoms. The number of imidazole rings is 1. The first kappa shape index (κ1) is 36.6. The van der Waals surface area contributed by atoms with Gasteiger partial charge in [-0.1, -0.05) is 78.3 Å². The molecule has 0 atom stereocenters. The molecule has 0 aliphatic carbocycles. The minimum atomic E-state index is -0.692. The van der Waals surface area contributed by atoms with Gasteiger partial charge in [-0.15, -0.1) is 0 Å². The Morgan fingerprint density at radius 3 is 2.22 bits per heavy atom. The van der Waals surface area contributed by atoms with E-state index in [0.29, 0.717) is 30.0 Å². The summed E-state index contributed by atoms with van der Waals surface area (Å²) < 4.78 is 4.44. The van der Waals surface area contributed by atoms with Crippen LogP contribution in [-0.2, 0) is 22.5 Å². The van der Waals surface area contributed by atoms with Crippen molar-refractivity contribution in [2.75, 3.05) is 20.2 Å². The topological polar surface area (TPSA) is 151 Å². The lowest BCUT2D eigenvalue weighted by Crippen LogP contribution is -2.40. The Balaban J connectivity index is 0.00000102. The van der Waals surface area contributed by atoms with Crippen molar-refractivity contribution in [2.24, 2.45) is 0 Å². The third-order valence-electron chi connectivity index (χ3n) is 5.12. The van der Waals surface area contributed by atoms with Crippen molar-refractivity contribution in [2.45, 2.75) is 67.3 Å². The molecular weight excluding hydrogens is 526 g/mol. The minimum absolute atomic E-state index is 0.189. The summed E-state index contributed by atoms with van der Waals surface area (Å²) in [4.78, 5) is 42.3. The highest BCUT2D eigenvalue weighted by molar-refractivity contribution is 5.82. The third kappa shape index (κ3) is 14.0. The molecule has 2 amide bonds. The number of carbonyl (C=O) groups is 2. The Bertz CT molecular complexity index is 1170. The Labute approximate surface area is 243 Å². The van der Waals surface area contributed by atoms with E-state index in [1.54, 1.807) is 0 Å². The molecule has 3 N–H and O–H groups in total. The summed E-state index contributed by atoms with van der Waals surface area (Å²) in [6, 6.07) is 14.4. The number of hydrogen-bond donors (Lipinski definition) is 3. The standard InChI is InChI=1S/C17H21N5O6.C8H10.C3H8.C2H6/c1-3-6-21(16(24)9-19-17(25)28-2)10-15-18-8-12(20-15)11-4-5-13(22(26)27)14(23)7-11;1-2-8-6-4-3-5-7-8;1-3-2;1-2/h4-5,7-8,23H,3,6,9-10H2,1-2H3,(H,18,20)(H,19,25);3-7H,2H2,1H3;3H2,1-2H3;1-2H3. The number of H-pyrrole nitrogens is 1. The SMILES string of the molecule is CC.CCC.CCCN(Cc1ncc(-c2ccc([N+](=O)[O-])c(O)c2)[nH]1)C(=O)CNC(=O)OC.CCc1ccccc1. The van der Waals surface area contributed by atoms with Gasteiger partial charge in [0.1, 0.15) is 12.4 Å². The molecule has 1 heterocycles. The molecule has 0 bridgehead atoms. The van der Waals surface area contributed by atoms with Gasteiger partial charge in [0.05, 0.1) is 30.5 Å². The first-order valence-electron chi connectivity index (χ1n) is 13.9. The van der Waals surface area contributed by atoms with Crippen LogP contribution in [-0.4, -0.2) is 57.1 Å². The number of ether oxygens (including phenoxy) is 1. The van der Waals surface area contributed by atoms with Gasteiger partial charge in [-0.3, -0.25) is 14.9 Å². The van der Waals surface area contributed by atoms with E-state index in [4.69, 9.17) is 0 Å². The smallest absolute Gasteiger partial charge is 0.407 e. The number of carbonyl (C=O) groups excluding carboxylic acids is 2. The van der Waals surface area contributed by atoms with Crippen molar-refractivity contribution in [3.8, 4) is 17.0 Å². The number of aromatic hydroxyl groups is 1. The monoisotopic (exact) mass is 571 g/mol. The molecule has 0 aliphatic heterocycles. The fourth-order valence-electron chi connectivity index (χ4n) is 3.22. The van der Waals surface area contributed by atoms with E-state index in [0.717, 1.165) is 6.42 Å². The Morgan fingerprint density at radius 2 is 1.73 bits per heavy atom. The number of nitro benzene ring substituents is 1. The quantitative estimate of drug-likeness (QED) is 0.196. The van der Waals surface area contributed by atoms with E-state index in [2.05, 4.69) is 65.1 Å². The zero-order valence-electron chi connectivity index (χ0n) is 25.3. The number of alkyl carbamates (subject to hydrolysis) is 1. The second kappa shape index (κ2) is 21.4. The number of aryl methyl sites for hydroxylation is 1. The summed E-state index contributed by atoms with van der Waals surface area (Å²) in [5, 5.41) is 22.9. The van der Waals surface area contributed by atoms with Gasteiger partial charge in [-0.05, 0) is 30.5 Å². The van der Waals surface area contributed by atoms with Gasteiger partial charge in [0, 0.05) is 18.2 Å². The van der Waals surface area contributed by atoms with Gasteiger partial charge in [0.2, 0.25) is 5.91 Å². The van der Waals surface area contributed by atoms with E-state index >= 15 is 0 Å². The predicted octanol–water partition coefficient (Wildman–Crippen LogP) is 6.48. The van der Waals surface area contributed by atoms with E-state index in [1.165, 1.54) is 48.4 Å². The molecule has 0 saturated carbocycles. The highest BCUT2D eigenvalue weighted by Crippen LogP contribution is 2.30. The number of amides is 2. The first-order chi connectivity index (χ1) is 19.7. The molecule has 0 spiro atoms. The molecule has 11 nitrogen and oxygen atoms in total. The number of benzene rings is 2. The summed E-state index contributed by atoms with van der Waals surface area (Å²) >= 11 is 0. The van der Waals surface area contributed by atoms with Crippen molar-refractivity contribution in [1.29, 1.82) is 0 Å². The summed E-state index contributed by atoms with van der Waals surface area (Å²) in [6.45, 7) is 12.8. The van der Waals surface area contributed by atoms with Gasteiger partial charge in [-0.2, -0.15) is 0 Å². The molecule has 0 radical (unpaired) electrons. The van der Waals surface area contributed by atoms with E-state index < -0.39 is 16.8 Å². The Hall–Kier alpha value is -4.41. The maximum atomic E-state index is 12.3. The van der Waals surface area contributed by atoms with Crippen LogP contribution in [0.25, 0.3) is 11.3 Å². The normalized spacial score (nSPS) is 9.44. The number of nitrogens with one attached hydrogen (secondary N) is 2. The molecule has 3 aromatic rings. The van der Waals surface area contributed by atoms with E-state index in [9.17, 15) is 24.8 Å².